The maximum absolute atomic E-state index is 5.00. The highest BCUT2D eigenvalue weighted by atomic mass is 14.8. The summed E-state index contributed by atoms with van der Waals surface area (Å²) < 4.78 is 0. The van der Waals surface area contributed by atoms with Gasteiger partial charge in [0.2, 0.25) is 0 Å². The summed E-state index contributed by atoms with van der Waals surface area (Å²) >= 11 is 0. The van der Waals surface area contributed by atoms with E-state index in [-0.39, 0.29) is 0 Å². The fourth-order valence-corrected chi connectivity index (χ4v) is 4.75. The zero-order valence-electron chi connectivity index (χ0n) is 23.6. The predicted octanol–water partition coefficient (Wildman–Crippen LogP) is 10.1. The molecule has 0 spiro atoms. The monoisotopic (exact) mass is 474 g/mol. The largest absolute Gasteiger partial charge is 0.255 e. The van der Waals surface area contributed by atoms with Crippen molar-refractivity contribution >= 4 is 23.3 Å². The molecule has 0 saturated carbocycles. The third kappa shape index (κ3) is 10.1. The summed E-state index contributed by atoms with van der Waals surface area (Å²) in [4.78, 5) is 9.86. The zero-order valence-corrected chi connectivity index (χ0v) is 23.6. The molecule has 0 aliphatic heterocycles. The summed E-state index contributed by atoms with van der Waals surface area (Å²) in [6.45, 7) is 13.4. The van der Waals surface area contributed by atoms with Crippen LogP contribution in [0.1, 0.15) is 121 Å². The van der Waals surface area contributed by atoms with Crippen molar-refractivity contribution in [3.05, 3.63) is 58.1 Å². The van der Waals surface area contributed by atoms with Crippen molar-refractivity contribution < 1.29 is 0 Å². The molecular formula is C33H50N2. The first-order valence-electron chi connectivity index (χ1n) is 14.4. The van der Waals surface area contributed by atoms with Crippen LogP contribution >= 0.6 is 0 Å². The van der Waals surface area contributed by atoms with E-state index in [4.69, 9.17) is 9.98 Å². The van der Waals surface area contributed by atoms with Gasteiger partial charge in [-0.3, -0.25) is 9.98 Å². The van der Waals surface area contributed by atoms with Gasteiger partial charge in [0.05, 0.1) is 17.1 Å². The van der Waals surface area contributed by atoms with Gasteiger partial charge in [-0.1, -0.05) is 66.4 Å². The van der Waals surface area contributed by atoms with Crippen molar-refractivity contribution in [1.82, 2.24) is 0 Å². The molecule has 0 atom stereocenters. The summed E-state index contributed by atoms with van der Waals surface area (Å²) in [5.41, 5.74) is 10.5. The van der Waals surface area contributed by atoms with E-state index in [0.29, 0.717) is 0 Å². The van der Waals surface area contributed by atoms with Crippen LogP contribution in [0.15, 0.2) is 40.3 Å². The number of aliphatic imine (C=N–C) groups is 2. The quantitative estimate of drug-likeness (QED) is 0.216. The third-order valence-electron chi connectivity index (χ3n) is 6.75. The molecule has 0 unspecified atom stereocenters. The van der Waals surface area contributed by atoms with E-state index >= 15 is 0 Å². The average Bonchev–Trinajstić information content (AvgIpc) is 2.86. The lowest BCUT2D eigenvalue weighted by atomic mass is 9.92. The fourth-order valence-electron chi connectivity index (χ4n) is 4.75. The lowest BCUT2D eigenvalue weighted by Gasteiger charge is -2.15. The second-order valence-corrected chi connectivity index (χ2v) is 10.0. The van der Waals surface area contributed by atoms with E-state index in [1.807, 2.05) is 6.21 Å². The van der Waals surface area contributed by atoms with Crippen molar-refractivity contribution in [3.8, 4) is 0 Å². The summed E-state index contributed by atoms with van der Waals surface area (Å²) in [7, 11) is 0. The van der Waals surface area contributed by atoms with Gasteiger partial charge in [-0.05, 0) is 117 Å². The van der Waals surface area contributed by atoms with E-state index in [9.17, 15) is 0 Å². The van der Waals surface area contributed by atoms with Gasteiger partial charge >= 0.3 is 0 Å². The molecule has 0 amide bonds. The maximum atomic E-state index is 5.00. The van der Waals surface area contributed by atoms with E-state index in [1.54, 1.807) is 5.56 Å². The molecule has 0 bridgehead atoms. The SMILES string of the molecule is CCCCc1cc(CCCC)cc(N=CC(C)=Nc2cc(CCCC)c(CC)c(CCCC)c2)c1. The third-order valence-corrected chi connectivity index (χ3v) is 6.75. The van der Waals surface area contributed by atoms with Gasteiger partial charge in [0, 0.05) is 6.21 Å². The number of nitrogens with zero attached hydrogens (tertiary/aromatic N) is 2. The van der Waals surface area contributed by atoms with Gasteiger partial charge < -0.3 is 0 Å². The molecule has 0 aliphatic carbocycles. The number of hydrogen-bond acceptors (Lipinski definition) is 2. The van der Waals surface area contributed by atoms with Crippen molar-refractivity contribution in [2.45, 2.75) is 125 Å². The molecule has 192 valence electrons. The van der Waals surface area contributed by atoms with Gasteiger partial charge in [-0.2, -0.15) is 0 Å². The van der Waals surface area contributed by atoms with E-state index < -0.39 is 0 Å². The molecule has 35 heavy (non-hydrogen) atoms. The number of hydrogen-bond donors (Lipinski definition) is 0. The van der Waals surface area contributed by atoms with Gasteiger partial charge in [0.15, 0.2) is 0 Å². The van der Waals surface area contributed by atoms with Gasteiger partial charge in [0.1, 0.15) is 0 Å². The van der Waals surface area contributed by atoms with Crippen molar-refractivity contribution in [3.63, 3.8) is 0 Å². The number of benzene rings is 2. The molecule has 0 aliphatic rings. The van der Waals surface area contributed by atoms with Crippen LogP contribution in [0.5, 0.6) is 0 Å². The average molecular weight is 475 g/mol. The normalized spacial score (nSPS) is 12.1. The minimum Gasteiger partial charge on any atom is -0.255 e. The van der Waals surface area contributed by atoms with Crippen LogP contribution in [0.2, 0.25) is 0 Å². The first-order chi connectivity index (χ1) is 17.0. The van der Waals surface area contributed by atoms with Crippen molar-refractivity contribution in [1.29, 1.82) is 0 Å². The van der Waals surface area contributed by atoms with Gasteiger partial charge in [0.25, 0.3) is 0 Å². The second-order valence-electron chi connectivity index (χ2n) is 10.0. The molecule has 0 radical (unpaired) electrons. The molecule has 0 N–H and O–H groups in total. The Morgan fingerprint density at radius 3 is 1.57 bits per heavy atom. The van der Waals surface area contributed by atoms with E-state index in [2.05, 4.69) is 71.9 Å². The topological polar surface area (TPSA) is 24.7 Å². The van der Waals surface area contributed by atoms with Crippen LogP contribution in [0.25, 0.3) is 0 Å². The standard InChI is InChI=1S/C33H50N2/c1-7-12-16-27-20-28(17-13-8-2)22-31(21-27)34-25-26(6)35-32-23-29(18-14-9-3)33(11-5)30(24-32)19-15-10-4/h20-25H,7-19H2,1-6H3. The molecule has 0 aromatic heterocycles. The minimum atomic E-state index is 0.964. The molecule has 0 fully saturated rings. The minimum absolute atomic E-state index is 0.964. The van der Waals surface area contributed by atoms with Gasteiger partial charge in [-0.15, -0.1) is 0 Å². The zero-order chi connectivity index (χ0) is 25.5. The van der Waals surface area contributed by atoms with Crippen molar-refractivity contribution in [2.24, 2.45) is 9.98 Å². The van der Waals surface area contributed by atoms with Crippen molar-refractivity contribution in [2.75, 3.05) is 0 Å². The molecular weight excluding hydrogens is 424 g/mol. The lowest BCUT2D eigenvalue weighted by Crippen LogP contribution is -2.01. The summed E-state index contributed by atoms with van der Waals surface area (Å²) in [5.74, 6) is 0. The Balaban J connectivity index is 2.32. The summed E-state index contributed by atoms with van der Waals surface area (Å²) in [6.07, 6.45) is 17.5. The molecule has 2 aromatic carbocycles. The highest BCUT2D eigenvalue weighted by molar-refractivity contribution is 6.30. The molecule has 2 aromatic rings. The smallest absolute Gasteiger partial charge is 0.0639 e. The maximum Gasteiger partial charge on any atom is 0.0639 e. The highest BCUT2D eigenvalue weighted by Gasteiger charge is 2.10. The van der Waals surface area contributed by atoms with Crippen LogP contribution in [0.3, 0.4) is 0 Å². The number of rotatable bonds is 16. The van der Waals surface area contributed by atoms with Crippen LogP contribution < -0.4 is 0 Å². The van der Waals surface area contributed by atoms with E-state index in [1.165, 1.54) is 73.6 Å². The summed E-state index contributed by atoms with van der Waals surface area (Å²) in [5, 5.41) is 0. The molecule has 2 nitrogen and oxygen atoms in total. The Morgan fingerprint density at radius 2 is 1.11 bits per heavy atom. The van der Waals surface area contributed by atoms with Crippen LogP contribution in [-0.4, -0.2) is 11.9 Å². The number of aryl methyl sites for hydroxylation is 4. The Labute approximate surface area is 216 Å². The predicted molar refractivity (Wildman–Crippen MR) is 158 cm³/mol. The van der Waals surface area contributed by atoms with Gasteiger partial charge in [-0.25, -0.2) is 0 Å². The molecule has 0 saturated heterocycles. The highest BCUT2D eigenvalue weighted by Crippen LogP contribution is 2.27. The van der Waals surface area contributed by atoms with Crippen LogP contribution in [-0.2, 0) is 32.1 Å². The Hall–Kier alpha value is -2.22. The summed E-state index contributed by atoms with van der Waals surface area (Å²) in [6, 6.07) is 11.6. The molecule has 2 heteroatoms. The second kappa shape index (κ2) is 16.5. The first-order valence-corrected chi connectivity index (χ1v) is 14.4. The van der Waals surface area contributed by atoms with Crippen LogP contribution in [0.4, 0.5) is 11.4 Å². The molecule has 0 heterocycles. The van der Waals surface area contributed by atoms with Crippen LogP contribution in [0, 0.1) is 0 Å². The molecule has 2 rings (SSSR count). The number of unbranched alkanes of at least 4 members (excludes halogenated alkanes) is 4. The Kier molecular flexibility index (Phi) is 13.6. The van der Waals surface area contributed by atoms with E-state index in [0.717, 1.165) is 49.2 Å². The first kappa shape index (κ1) is 29.0. The fraction of sp³-hybridized carbons (Fsp3) is 0.576. The lowest BCUT2D eigenvalue weighted by molar-refractivity contribution is 0.766. The Morgan fingerprint density at radius 1 is 0.629 bits per heavy atom. The Bertz CT molecular complexity index is 896.